The Bertz CT molecular complexity index is 572. The van der Waals surface area contributed by atoms with Crippen molar-refractivity contribution in [1.82, 2.24) is 0 Å². The van der Waals surface area contributed by atoms with Crippen LogP contribution in [0, 0.1) is 5.82 Å². The molecule has 1 nitrogen and oxygen atoms in total. The monoisotopic (exact) mass is 385 g/mol. The summed E-state index contributed by atoms with van der Waals surface area (Å²) in [6, 6.07) is 13.2. The van der Waals surface area contributed by atoms with Gasteiger partial charge in [-0.05, 0) is 58.2 Å². The number of nitrogens with two attached hydrogens (primary N) is 1. The first kappa shape index (κ1) is 14.7. The normalized spacial score (nSPS) is 12.4. The molecule has 0 bridgehead atoms. The highest BCUT2D eigenvalue weighted by Gasteiger charge is 2.14. The van der Waals surface area contributed by atoms with Gasteiger partial charge in [-0.3, -0.25) is 0 Å². The zero-order valence-corrected chi connectivity index (χ0v) is 13.4. The maximum absolute atomic E-state index is 13.5. The zero-order chi connectivity index (χ0) is 13.8. The van der Waals surface area contributed by atoms with E-state index in [0.717, 1.165) is 15.6 Å². The molecule has 4 heteroatoms. The van der Waals surface area contributed by atoms with Crippen molar-refractivity contribution >= 4 is 31.9 Å². The SMILES string of the molecule is NCC(Cc1cccc(F)c1Br)c1cccc(Br)c1. The zero-order valence-electron chi connectivity index (χ0n) is 10.2. The summed E-state index contributed by atoms with van der Waals surface area (Å²) in [6.45, 7) is 0.527. The molecule has 0 saturated carbocycles. The van der Waals surface area contributed by atoms with Crippen LogP contribution in [-0.2, 0) is 6.42 Å². The lowest BCUT2D eigenvalue weighted by Gasteiger charge is -2.16. The summed E-state index contributed by atoms with van der Waals surface area (Å²) in [5, 5.41) is 0. The van der Waals surface area contributed by atoms with Gasteiger partial charge in [-0.2, -0.15) is 0 Å². The van der Waals surface area contributed by atoms with Gasteiger partial charge in [-0.25, -0.2) is 4.39 Å². The molecule has 0 radical (unpaired) electrons. The third-order valence-electron chi connectivity index (χ3n) is 3.10. The van der Waals surface area contributed by atoms with Crippen LogP contribution in [0.2, 0.25) is 0 Å². The van der Waals surface area contributed by atoms with Crippen LogP contribution in [0.4, 0.5) is 4.39 Å². The first-order valence-electron chi connectivity index (χ1n) is 6.00. The maximum Gasteiger partial charge on any atom is 0.137 e. The number of benzene rings is 2. The number of halogens is 3. The fraction of sp³-hybridized carbons (Fsp3) is 0.200. The smallest absolute Gasteiger partial charge is 0.137 e. The third-order valence-corrected chi connectivity index (χ3v) is 4.48. The molecule has 2 N–H and O–H groups in total. The molecule has 0 aromatic heterocycles. The molecule has 0 fully saturated rings. The van der Waals surface area contributed by atoms with Gasteiger partial charge in [0, 0.05) is 10.4 Å². The van der Waals surface area contributed by atoms with Crippen LogP contribution in [0.3, 0.4) is 0 Å². The van der Waals surface area contributed by atoms with E-state index in [9.17, 15) is 4.39 Å². The summed E-state index contributed by atoms with van der Waals surface area (Å²) in [4.78, 5) is 0. The Morgan fingerprint density at radius 2 is 1.84 bits per heavy atom. The highest BCUT2D eigenvalue weighted by atomic mass is 79.9. The van der Waals surface area contributed by atoms with E-state index in [4.69, 9.17) is 5.73 Å². The molecule has 0 aliphatic rings. The second-order valence-electron chi connectivity index (χ2n) is 4.40. The molecule has 1 atom stereocenters. The van der Waals surface area contributed by atoms with E-state index < -0.39 is 0 Å². The van der Waals surface area contributed by atoms with E-state index in [0.29, 0.717) is 17.4 Å². The average Bonchev–Trinajstić information content (AvgIpc) is 2.40. The number of hydrogen-bond acceptors (Lipinski definition) is 1. The van der Waals surface area contributed by atoms with Gasteiger partial charge in [0.05, 0.1) is 4.47 Å². The van der Waals surface area contributed by atoms with Crippen molar-refractivity contribution < 1.29 is 4.39 Å². The molecule has 0 amide bonds. The van der Waals surface area contributed by atoms with Gasteiger partial charge in [0.2, 0.25) is 0 Å². The van der Waals surface area contributed by atoms with Crippen LogP contribution in [0.5, 0.6) is 0 Å². The predicted molar refractivity (Wildman–Crippen MR) is 83.7 cm³/mol. The number of rotatable bonds is 4. The minimum atomic E-state index is -0.234. The van der Waals surface area contributed by atoms with Crippen molar-refractivity contribution in [2.75, 3.05) is 6.54 Å². The summed E-state index contributed by atoms with van der Waals surface area (Å²) in [7, 11) is 0. The molecule has 100 valence electrons. The van der Waals surface area contributed by atoms with Crippen molar-refractivity contribution in [3.63, 3.8) is 0 Å². The Labute approximate surface area is 129 Å². The van der Waals surface area contributed by atoms with E-state index >= 15 is 0 Å². The largest absolute Gasteiger partial charge is 0.330 e. The van der Waals surface area contributed by atoms with Crippen LogP contribution in [0.25, 0.3) is 0 Å². The Morgan fingerprint density at radius 3 is 2.53 bits per heavy atom. The fourth-order valence-electron chi connectivity index (χ4n) is 2.07. The summed E-state index contributed by atoms with van der Waals surface area (Å²) in [5.74, 6) is -0.0573. The lowest BCUT2D eigenvalue weighted by molar-refractivity contribution is 0.613. The molecule has 0 aliphatic heterocycles. The van der Waals surface area contributed by atoms with E-state index in [1.807, 2.05) is 18.2 Å². The molecular weight excluding hydrogens is 373 g/mol. The van der Waals surface area contributed by atoms with Gasteiger partial charge in [0.25, 0.3) is 0 Å². The third kappa shape index (κ3) is 3.65. The van der Waals surface area contributed by atoms with Crippen molar-refractivity contribution in [1.29, 1.82) is 0 Å². The molecule has 0 aliphatic carbocycles. The first-order valence-corrected chi connectivity index (χ1v) is 7.59. The topological polar surface area (TPSA) is 26.0 Å². The summed E-state index contributed by atoms with van der Waals surface area (Å²) >= 11 is 6.76. The Hall–Kier alpha value is -0.710. The Kier molecular flexibility index (Phi) is 5.13. The average molecular weight is 387 g/mol. The van der Waals surface area contributed by atoms with Crippen LogP contribution in [0.15, 0.2) is 51.4 Å². The molecular formula is C15H14Br2FN. The van der Waals surface area contributed by atoms with Gasteiger partial charge < -0.3 is 5.73 Å². The van der Waals surface area contributed by atoms with E-state index in [1.165, 1.54) is 6.07 Å². The highest BCUT2D eigenvalue weighted by Crippen LogP contribution is 2.28. The van der Waals surface area contributed by atoms with Crippen molar-refractivity contribution in [3.8, 4) is 0 Å². The summed E-state index contributed by atoms with van der Waals surface area (Å²) < 4.78 is 15.1. The van der Waals surface area contributed by atoms with Crippen molar-refractivity contribution in [2.24, 2.45) is 5.73 Å². The van der Waals surface area contributed by atoms with Crippen LogP contribution >= 0.6 is 31.9 Å². The standard InChI is InChI=1S/C15H14Br2FN/c16-13-5-1-3-10(8-13)12(9-19)7-11-4-2-6-14(18)15(11)17/h1-6,8,12H,7,9,19H2. The Balaban J connectivity index is 2.26. The molecule has 0 heterocycles. The van der Waals surface area contributed by atoms with Crippen LogP contribution < -0.4 is 5.73 Å². The molecule has 19 heavy (non-hydrogen) atoms. The van der Waals surface area contributed by atoms with E-state index in [-0.39, 0.29) is 11.7 Å². The van der Waals surface area contributed by atoms with E-state index in [1.54, 1.807) is 6.07 Å². The minimum Gasteiger partial charge on any atom is -0.330 e. The Morgan fingerprint density at radius 1 is 1.11 bits per heavy atom. The highest BCUT2D eigenvalue weighted by molar-refractivity contribution is 9.10. The van der Waals surface area contributed by atoms with Gasteiger partial charge in [-0.15, -0.1) is 0 Å². The van der Waals surface area contributed by atoms with Gasteiger partial charge in [0.15, 0.2) is 0 Å². The first-order chi connectivity index (χ1) is 9.11. The second kappa shape index (κ2) is 6.64. The molecule has 1 unspecified atom stereocenters. The number of hydrogen-bond donors (Lipinski definition) is 1. The lowest BCUT2D eigenvalue weighted by atomic mass is 9.92. The van der Waals surface area contributed by atoms with Gasteiger partial charge in [-0.1, -0.05) is 40.2 Å². The molecule has 0 saturated heterocycles. The van der Waals surface area contributed by atoms with Gasteiger partial charge >= 0.3 is 0 Å². The van der Waals surface area contributed by atoms with Crippen molar-refractivity contribution in [3.05, 3.63) is 68.4 Å². The second-order valence-corrected chi connectivity index (χ2v) is 6.11. The quantitative estimate of drug-likeness (QED) is 0.813. The van der Waals surface area contributed by atoms with E-state index in [2.05, 4.69) is 44.0 Å². The molecule has 2 aromatic carbocycles. The van der Waals surface area contributed by atoms with Crippen LogP contribution in [-0.4, -0.2) is 6.54 Å². The van der Waals surface area contributed by atoms with Crippen molar-refractivity contribution in [2.45, 2.75) is 12.3 Å². The lowest BCUT2D eigenvalue weighted by Crippen LogP contribution is -2.15. The van der Waals surface area contributed by atoms with Gasteiger partial charge in [0.1, 0.15) is 5.82 Å². The maximum atomic E-state index is 13.5. The minimum absolute atomic E-state index is 0.176. The molecule has 2 rings (SSSR count). The van der Waals surface area contributed by atoms with Crippen LogP contribution in [0.1, 0.15) is 17.0 Å². The summed E-state index contributed by atoms with van der Waals surface area (Å²) in [6.07, 6.45) is 0.714. The molecule has 2 aromatic rings. The fourth-order valence-corrected chi connectivity index (χ4v) is 2.91. The predicted octanol–water partition coefficient (Wildman–Crippen LogP) is 4.64. The summed E-state index contributed by atoms with van der Waals surface area (Å²) in [5.41, 5.74) is 7.97. The molecule has 0 spiro atoms.